The summed E-state index contributed by atoms with van der Waals surface area (Å²) >= 11 is 0. The predicted molar refractivity (Wildman–Crippen MR) is 94.4 cm³/mol. The number of carbonyl (C=O) groups excluding carboxylic acids is 2. The SMILES string of the molecule is COc1ccccc1CN(CC(=O)O)C(=O)C1CCN(CC(N)=O)CC1. The van der Waals surface area contributed by atoms with Crippen LogP contribution in [0.4, 0.5) is 0 Å². The number of likely N-dealkylation sites (tertiary alicyclic amines) is 1. The van der Waals surface area contributed by atoms with Crippen LogP contribution in [-0.2, 0) is 20.9 Å². The quantitative estimate of drug-likeness (QED) is 0.687. The van der Waals surface area contributed by atoms with Gasteiger partial charge < -0.3 is 20.5 Å². The summed E-state index contributed by atoms with van der Waals surface area (Å²) in [5.41, 5.74) is 5.96. The number of carboxylic acid groups (broad SMARTS) is 1. The molecule has 1 heterocycles. The van der Waals surface area contributed by atoms with Crippen LogP contribution in [0.2, 0.25) is 0 Å². The van der Waals surface area contributed by atoms with Crippen molar-refractivity contribution < 1.29 is 24.2 Å². The summed E-state index contributed by atoms with van der Waals surface area (Å²) in [5, 5.41) is 9.19. The third-order valence-corrected chi connectivity index (χ3v) is 4.51. The van der Waals surface area contributed by atoms with E-state index >= 15 is 0 Å². The molecule has 3 N–H and O–H groups in total. The number of rotatable bonds is 8. The molecule has 2 rings (SSSR count). The number of para-hydroxylation sites is 1. The van der Waals surface area contributed by atoms with Crippen LogP contribution >= 0.6 is 0 Å². The van der Waals surface area contributed by atoms with Gasteiger partial charge in [-0.2, -0.15) is 0 Å². The van der Waals surface area contributed by atoms with E-state index in [2.05, 4.69) is 0 Å². The van der Waals surface area contributed by atoms with Gasteiger partial charge in [-0.3, -0.25) is 19.3 Å². The number of piperidine rings is 1. The zero-order valence-corrected chi connectivity index (χ0v) is 14.9. The van der Waals surface area contributed by atoms with Gasteiger partial charge >= 0.3 is 5.97 Å². The van der Waals surface area contributed by atoms with Gasteiger partial charge in [-0.15, -0.1) is 0 Å². The third kappa shape index (κ3) is 5.45. The van der Waals surface area contributed by atoms with Crippen molar-refractivity contribution in [2.24, 2.45) is 11.7 Å². The van der Waals surface area contributed by atoms with Crippen LogP contribution in [0.3, 0.4) is 0 Å². The number of hydrogen-bond donors (Lipinski definition) is 2. The highest BCUT2D eigenvalue weighted by Crippen LogP contribution is 2.23. The highest BCUT2D eigenvalue weighted by molar-refractivity contribution is 5.83. The Morgan fingerprint density at radius 3 is 2.50 bits per heavy atom. The van der Waals surface area contributed by atoms with Gasteiger partial charge in [-0.05, 0) is 32.0 Å². The van der Waals surface area contributed by atoms with Crippen molar-refractivity contribution in [3.63, 3.8) is 0 Å². The number of hydrogen-bond acceptors (Lipinski definition) is 5. The molecule has 8 nitrogen and oxygen atoms in total. The minimum absolute atomic E-state index is 0.177. The summed E-state index contributed by atoms with van der Waals surface area (Å²) in [7, 11) is 1.54. The molecule has 26 heavy (non-hydrogen) atoms. The molecule has 0 atom stereocenters. The lowest BCUT2D eigenvalue weighted by Crippen LogP contribution is -2.45. The van der Waals surface area contributed by atoms with Gasteiger partial charge in [0.2, 0.25) is 11.8 Å². The lowest BCUT2D eigenvalue weighted by molar-refractivity contribution is -0.147. The van der Waals surface area contributed by atoms with E-state index in [-0.39, 0.29) is 31.5 Å². The van der Waals surface area contributed by atoms with Crippen molar-refractivity contribution in [1.82, 2.24) is 9.80 Å². The first-order valence-corrected chi connectivity index (χ1v) is 8.53. The molecule has 0 bridgehead atoms. The number of nitrogens with two attached hydrogens (primary N) is 1. The van der Waals surface area contributed by atoms with E-state index in [9.17, 15) is 19.5 Å². The largest absolute Gasteiger partial charge is 0.496 e. The second-order valence-corrected chi connectivity index (χ2v) is 6.42. The summed E-state index contributed by atoms with van der Waals surface area (Å²) in [5.74, 6) is -1.27. The molecule has 1 aliphatic rings. The summed E-state index contributed by atoms with van der Waals surface area (Å²) < 4.78 is 5.29. The van der Waals surface area contributed by atoms with E-state index in [1.807, 2.05) is 23.1 Å². The molecule has 0 radical (unpaired) electrons. The van der Waals surface area contributed by atoms with Crippen LogP contribution in [0.5, 0.6) is 5.75 Å². The topological polar surface area (TPSA) is 113 Å². The standard InChI is InChI=1S/C18H25N3O5/c1-26-15-5-3-2-4-14(15)10-21(12-17(23)24)18(25)13-6-8-20(9-7-13)11-16(19)22/h2-5,13H,6-12H2,1H3,(H2,19,22)(H,23,24). The highest BCUT2D eigenvalue weighted by Gasteiger charge is 2.30. The van der Waals surface area contributed by atoms with Gasteiger partial charge in [0.1, 0.15) is 12.3 Å². The molecule has 2 amide bonds. The Balaban J connectivity index is 2.05. The molecule has 1 aromatic rings. The van der Waals surface area contributed by atoms with Gasteiger partial charge in [-0.1, -0.05) is 18.2 Å². The number of carbonyl (C=O) groups is 3. The third-order valence-electron chi connectivity index (χ3n) is 4.51. The molecule has 0 spiro atoms. The Hall–Kier alpha value is -2.61. The molecule has 0 unspecified atom stereocenters. The lowest BCUT2D eigenvalue weighted by Gasteiger charge is -2.33. The number of benzene rings is 1. The Morgan fingerprint density at radius 2 is 1.92 bits per heavy atom. The normalized spacial score (nSPS) is 15.4. The van der Waals surface area contributed by atoms with E-state index in [0.717, 1.165) is 5.56 Å². The number of methoxy groups -OCH3 is 1. The van der Waals surface area contributed by atoms with Gasteiger partial charge in [0.25, 0.3) is 0 Å². The van der Waals surface area contributed by atoms with Crippen molar-refractivity contribution in [1.29, 1.82) is 0 Å². The Kier molecular flexibility index (Phi) is 6.97. The number of primary amides is 1. The zero-order valence-electron chi connectivity index (χ0n) is 14.9. The number of carboxylic acids is 1. The molecule has 1 aliphatic heterocycles. The van der Waals surface area contributed by atoms with Crippen LogP contribution < -0.4 is 10.5 Å². The van der Waals surface area contributed by atoms with Gasteiger partial charge in [0, 0.05) is 18.0 Å². The Bertz CT molecular complexity index is 656. The van der Waals surface area contributed by atoms with E-state index < -0.39 is 11.9 Å². The zero-order chi connectivity index (χ0) is 19.1. The van der Waals surface area contributed by atoms with Crippen LogP contribution in [0.1, 0.15) is 18.4 Å². The second-order valence-electron chi connectivity index (χ2n) is 6.42. The summed E-state index contributed by atoms with van der Waals surface area (Å²) in [6, 6.07) is 7.24. The maximum absolute atomic E-state index is 12.9. The first kappa shape index (κ1) is 19.7. The first-order chi connectivity index (χ1) is 12.4. The first-order valence-electron chi connectivity index (χ1n) is 8.53. The maximum atomic E-state index is 12.9. The smallest absolute Gasteiger partial charge is 0.323 e. The van der Waals surface area contributed by atoms with E-state index in [0.29, 0.717) is 31.7 Å². The number of aliphatic carboxylic acids is 1. The fourth-order valence-corrected chi connectivity index (χ4v) is 3.23. The van der Waals surface area contributed by atoms with E-state index in [1.165, 1.54) is 12.0 Å². The predicted octanol–water partition coefficient (Wildman–Crippen LogP) is 0.306. The van der Waals surface area contributed by atoms with Crippen molar-refractivity contribution in [2.75, 3.05) is 33.3 Å². The molecule has 8 heteroatoms. The second kappa shape index (κ2) is 9.19. The molecule has 1 saturated heterocycles. The van der Waals surface area contributed by atoms with Crippen LogP contribution in [0.25, 0.3) is 0 Å². The van der Waals surface area contributed by atoms with Crippen LogP contribution in [0.15, 0.2) is 24.3 Å². The van der Waals surface area contributed by atoms with Crippen LogP contribution in [0, 0.1) is 5.92 Å². The van der Waals surface area contributed by atoms with Crippen molar-refractivity contribution in [3.8, 4) is 5.75 Å². The Morgan fingerprint density at radius 1 is 1.27 bits per heavy atom. The molecule has 1 fully saturated rings. The van der Waals surface area contributed by atoms with E-state index in [4.69, 9.17) is 10.5 Å². The maximum Gasteiger partial charge on any atom is 0.323 e. The fraction of sp³-hybridized carbons (Fsp3) is 0.500. The fourth-order valence-electron chi connectivity index (χ4n) is 3.23. The van der Waals surface area contributed by atoms with Gasteiger partial charge in [-0.25, -0.2) is 0 Å². The van der Waals surface area contributed by atoms with Crippen molar-refractivity contribution in [3.05, 3.63) is 29.8 Å². The number of amides is 2. The average molecular weight is 363 g/mol. The summed E-state index contributed by atoms with van der Waals surface area (Å²) in [6.45, 7) is 1.18. The van der Waals surface area contributed by atoms with Crippen molar-refractivity contribution in [2.45, 2.75) is 19.4 Å². The van der Waals surface area contributed by atoms with Crippen molar-refractivity contribution >= 4 is 17.8 Å². The molecule has 0 saturated carbocycles. The average Bonchev–Trinajstić information content (AvgIpc) is 2.61. The minimum Gasteiger partial charge on any atom is -0.496 e. The monoisotopic (exact) mass is 363 g/mol. The lowest BCUT2D eigenvalue weighted by atomic mass is 9.95. The molecule has 142 valence electrons. The molecular formula is C18H25N3O5. The highest BCUT2D eigenvalue weighted by atomic mass is 16.5. The molecular weight excluding hydrogens is 338 g/mol. The minimum atomic E-state index is -1.06. The summed E-state index contributed by atoms with van der Waals surface area (Å²) in [6.07, 6.45) is 1.16. The van der Waals surface area contributed by atoms with Gasteiger partial charge in [0.05, 0.1) is 13.7 Å². The summed E-state index contributed by atoms with van der Waals surface area (Å²) in [4.78, 5) is 38.4. The Labute approximate surface area is 152 Å². The van der Waals surface area contributed by atoms with Crippen LogP contribution in [-0.4, -0.2) is 66.0 Å². The molecule has 0 aliphatic carbocycles. The number of ether oxygens (including phenoxy) is 1. The number of nitrogens with zero attached hydrogens (tertiary/aromatic N) is 2. The molecule has 0 aromatic heterocycles. The van der Waals surface area contributed by atoms with E-state index in [1.54, 1.807) is 6.07 Å². The molecule has 1 aromatic carbocycles. The van der Waals surface area contributed by atoms with Gasteiger partial charge in [0.15, 0.2) is 0 Å².